The number of carbonyl (C=O) groups is 1. The topological polar surface area (TPSA) is 58.6 Å². The first kappa shape index (κ1) is 13.6. The van der Waals surface area contributed by atoms with Gasteiger partial charge >= 0.3 is 5.97 Å². The van der Waals surface area contributed by atoms with Gasteiger partial charge in [-0.25, -0.2) is 9.18 Å². The van der Waals surface area contributed by atoms with Crippen molar-refractivity contribution in [3.63, 3.8) is 0 Å². The number of nitrogens with one attached hydrogen (secondary N) is 1. The highest BCUT2D eigenvalue weighted by Gasteiger charge is 2.16. The van der Waals surface area contributed by atoms with Gasteiger partial charge in [-0.3, -0.25) is 0 Å². The molecule has 1 aromatic rings. The van der Waals surface area contributed by atoms with Crippen LogP contribution in [0, 0.1) is 0 Å². The molecule has 1 fully saturated rings. The molecule has 0 saturated carbocycles. The van der Waals surface area contributed by atoms with E-state index < -0.39 is 12.1 Å². The maximum Gasteiger partial charge on any atom is 0.343 e. The average Bonchev–Trinajstić information content (AvgIpc) is 2.41. The van der Waals surface area contributed by atoms with Crippen molar-refractivity contribution in [2.45, 2.75) is 6.17 Å². The fourth-order valence-corrected chi connectivity index (χ4v) is 1.28. The van der Waals surface area contributed by atoms with Gasteiger partial charge in [-0.2, -0.15) is 0 Å². The monoisotopic (exact) mass is 241 g/mol. The van der Waals surface area contributed by atoms with Gasteiger partial charge < -0.3 is 15.2 Å². The lowest BCUT2D eigenvalue weighted by molar-refractivity contribution is -0.143. The summed E-state index contributed by atoms with van der Waals surface area (Å²) >= 11 is 0. The van der Waals surface area contributed by atoms with Gasteiger partial charge in [-0.15, -0.1) is 0 Å². The summed E-state index contributed by atoms with van der Waals surface area (Å²) < 4.78 is 17.7. The lowest BCUT2D eigenvalue weighted by Crippen LogP contribution is -2.30. The van der Waals surface area contributed by atoms with Gasteiger partial charge in [0.2, 0.25) is 6.17 Å². The maximum atomic E-state index is 12.7. The summed E-state index contributed by atoms with van der Waals surface area (Å²) in [7, 11) is 0. The van der Waals surface area contributed by atoms with Crippen LogP contribution in [0.2, 0.25) is 0 Å². The third-order valence-corrected chi connectivity index (χ3v) is 2.16. The second-order valence-electron chi connectivity index (χ2n) is 3.47. The molecule has 0 bridgehead atoms. The first-order valence-corrected chi connectivity index (χ1v) is 5.42. The highest BCUT2D eigenvalue weighted by molar-refractivity contribution is 5.74. The van der Waals surface area contributed by atoms with Crippen molar-refractivity contribution in [1.29, 1.82) is 0 Å². The van der Waals surface area contributed by atoms with E-state index in [1.807, 2.05) is 0 Å². The summed E-state index contributed by atoms with van der Waals surface area (Å²) in [5.41, 5.74) is 0.181. The predicted octanol–water partition coefficient (Wildman–Crippen LogP) is 1.39. The van der Waals surface area contributed by atoms with Gasteiger partial charge in [-0.05, 0) is 5.56 Å². The zero-order valence-corrected chi connectivity index (χ0v) is 9.43. The maximum absolute atomic E-state index is 12.7. The van der Waals surface area contributed by atoms with E-state index in [2.05, 4.69) is 5.32 Å². The van der Waals surface area contributed by atoms with Crippen molar-refractivity contribution in [3.8, 4) is 0 Å². The van der Waals surface area contributed by atoms with Gasteiger partial charge in [0.1, 0.15) is 0 Å². The van der Waals surface area contributed by atoms with Gasteiger partial charge in [0.05, 0.1) is 13.2 Å². The third-order valence-electron chi connectivity index (χ3n) is 2.16. The second-order valence-corrected chi connectivity index (χ2v) is 3.47. The van der Waals surface area contributed by atoms with Crippen molar-refractivity contribution in [3.05, 3.63) is 35.9 Å². The summed E-state index contributed by atoms with van der Waals surface area (Å²) in [6, 6.07) is 7.80. The molecule has 0 aromatic heterocycles. The van der Waals surface area contributed by atoms with Crippen LogP contribution in [0.15, 0.2) is 30.3 Å². The van der Waals surface area contributed by atoms with Crippen molar-refractivity contribution in [2.75, 3.05) is 26.3 Å². The van der Waals surface area contributed by atoms with Crippen LogP contribution in [0.25, 0.3) is 0 Å². The molecule has 2 N–H and O–H groups in total. The molecule has 5 heteroatoms. The number of rotatable bonds is 2. The van der Waals surface area contributed by atoms with E-state index in [0.717, 1.165) is 26.3 Å². The lowest BCUT2D eigenvalue weighted by atomic mass is 10.1. The van der Waals surface area contributed by atoms with Crippen LogP contribution < -0.4 is 5.32 Å². The Bertz CT molecular complexity index is 316. The number of halogens is 1. The fraction of sp³-hybridized carbons (Fsp3) is 0.417. The normalized spacial score (nSPS) is 16.5. The van der Waals surface area contributed by atoms with E-state index in [9.17, 15) is 9.18 Å². The molecule has 1 aromatic carbocycles. The Morgan fingerprint density at radius 2 is 1.88 bits per heavy atom. The van der Waals surface area contributed by atoms with Crippen LogP contribution in [0.3, 0.4) is 0 Å². The van der Waals surface area contributed by atoms with Gasteiger partial charge in [0, 0.05) is 13.1 Å². The standard InChI is InChI=1S/C8H7FO2.C4H9NO/c9-7(8(10)11)6-4-2-1-3-5-6;1-3-6-4-2-5-1/h1-5,7H,(H,10,11);5H,1-4H2. The number of carboxylic acids is 1. The van der Waals surface area contributed by atoms with Crippen molar-refractivity contribution in [1.82, 2.24) is 5.32 Å². The molecular formula is C12H16FNO3. The van der Waals surface area contributed by atoms with Crippen LogP contribution in [-0.4, -0.2) is 37.4 Å². The van der Waals surface area contributed by atoms with E-state index in [0.29, 0.717) is 0 Å². The van der Waals surface area contributed by atoms with E-state index >= 15 is 0 Å². The number of morpholine rings is 1. The van der Waals surface area contributed by atoms with Gasteiger partial charge in [0.15, 0.2) is 0 Å². The van der Waals surface area contributed by atoms with Crippen molar-refractivity contribution >= 4 is 5.97 Å². The minimum atomic E-state index is -1.91. The Balaban J connectivity index is 0.000000202. The Morgan fingerprint density at radius 1 is 1.29 bits per heavy atom. The first-order chi connectivity index (χ1) is 8.22. The Kier molecular flexibility index (Phi) is 6.21. The number of carboxylic acid groups (broad SMARTS) is 1. The smallest absolute Gasteiger partial charge is 0.343 e. The van der Waals surface area contributed by atoms with Crippen LogP contribution >= 0.6 is 0 Å². The predicted molar refractivity (Wildman–Crippen MR) is 61.6 cm³/mol. The Hall–Kier alpha value is -1.46. The fourth-order valence-electron chi connectivity index (χ4n) is 1.28. The molecule has 1 saturated heterocycles. The minimum Gasteiger partial charge on any atom is -0.479 e. The highest BCUT2D eigenvalue weighted by Crippen LogP contribution is 2.15. The zero-order valence-electron chi connectivity index (χ0n) is 9.43. The van der Waals surface area contributed by atoms with E-state index in [-0.39, 0.29) is 5.56 Å². The third kappa shape index (κ3) is 5.42. The molecule has 2 rings (SSSR count). The van der Waals surface area contributed by atoms with E-state index in [1.54, 1.807) is 18.2 Å². The molecule has 1 aliphatic rings. The largest absolute Gasteiger partial charge is 0.479 e. The molecule has 0 aliphatic carbocycles. The highest BCUT2D eigenvalue weighted by atomic mass is 19.1. The molecule has 1 unspecified atom stereocenters. The van der Waals surface area contributed by atoms with E-state index in [4.69, 9.17) is 9.84 Å². The van der Waals surface area contributed by atoms with Crippen molar-refractivity contribution in [2.24, 2.45) is 0 Å². The Morgan fingerprint density at radius 3 is 2.24 bits per heavy atom. The summed E-state index contributed by atoms with van der Waals surface area (Å²) in [5, 5.41) is 11.4. The molecule has 94 valence electrons. The summed E-state index contributed by atoms with van der Waals surface area (Å²) in [6.07, 6.45) is -1.91. The van der Waals surface area contributed by atoms with Crippen LogP contribution in [-0.2, 0) is 9.53 Å². The molecule has 0 amide bonds. The second kappa shape index (κ2) is 7.76. The summed E-state index contributed by atoms with van der Waals surface area (Å²) in [5.74, 6) is -1.45. The molecule has 1 atom stereocenters. The van der Waals surface area contributed by atoms with E-state index in [1.165, 1.54) is 12.1 Å². The number of hydrogen-bond acceptors (Lipinski definition) is 3. The first-order valence-electron chi connectivity index (χ1n) is 5.42. The van der Waals surface area contributed by atoms with Crippen LogP contribution in [0.1, 0.15) is 11.7 Å². The van der Waals surface area contributed by atoms with Crippen LogP contribution in [0.4, 0.5) is 4.39 Å². The number of hydrogen-bond donors (Lipinski definition) is 2. The average molecular weight is 241 g/mol. The quantitative estimate of drug-likeness (QED) is 0.821. The molecule has 0 radical (unpaired) electrons. The molecule has 1 aliphatic heterocycles. The number of aliphatic carboxylic acids is 1. The Labute approximate surface area is 99.4 Å². The lowest BCUT2D eigenvalue weighted by Gasteiger charge is -2.10. The SMILES string of the molecule is C1COCCN1.O=C(O)C(F)c1ccccc1. The minimum absolute atomic E-state index is 0.181. The van der Waals surface area contributed by atoms with Crippen LogP contribution in [0.5, 0.6) is 0 Å². The molecule has 1 heterocycles. The number of benzene rings is 1. The molecule has 4 nitrogen and oxygen atoms in total. The van der Waals surface area contributed by atoms with Crippen molar-refractivity contribution < 1.29 is 19.0 Å². The van der Waals surface area contributed by atoms with Gasteiger partial charge in [-0.1, -0.05) is 30.3 Å². The number of ether oxygens (including phenoxy) is 1. The van der Waals surface area contributed by atoms with Gasteiger partial charge in [0.25, 0.3) is 0 Å². The molecule has 0 spiro atoms. The molecule has 17 heavy (non-hydrogen) atoms. The molecular weight excluding hydrogens is 225 g/mol. The summed E-state index contributed by atoms with van der Waals surface area (Å²) in [4.78, 5) is 10.1. The zero-order chi connectivity index (χ0) is 12.5. The number of alkyl halides is 1. The summed E-state index contributed by atoms with van der Waals surface area (Å²) in [6.45, 7) is 3.83.